The molecule has 0 radical (unpaired) electrons. The standard InChI is InChI=1S/C16H18O2.C12H10O.C4H6O2/c1-4-13-6-7-14-8-9-16(11-15(14)10-13)18-12(3)17-5-2;1-2-9-3-4-10-5-6-12(13)8-11(10)7-9;1-3(2)4(5)6/h4,6-12H,1,5H2,2-3H3;2-8,13H,1H2;1H2,2H3,(H,5,6). The molecule has 4 aromatic rings. The molecule has 0 aliphatic carbocycles. The Morgan fingerprint density at radius 3 is 1.84 bits per heavy atom. The van der Waals surface area contributed by atoms with Gasteiger partial charge in [-0.1, -0.05) is 68.3 Å². The molecule has 2 N–H and O–H groups in total. The van der Waals surface area contributed by atoms with Crippen LogP contribution in [0.3, 0.4) is 0 Å². The summed E-state index contributed by atoms with van der Waals surface area (Å²) >= 11 is 0. The molecule has 0 aromatic heterocycles. The Labute approximate surface area is 218 Å². The number of carboxylic acids is 1. The van der Waals surface area contributed by atoms with E-state index < -0.39 is 5.97 Å². The number of rotatable bonds is 7. The van der Waals surface area contributed by atoms with Crippen LogP contribution in [-0.2, 0) is 9.53 Å². The van der Waals surface area contributed by atoms with E-state index in [0.717, 1.165) is 33.0 Å². The summed E-state index contributed by atoms with van der Waals surface area (Å²) in [7, 11) is 0. The molecule has 0 amide bonds. The maximum Gasteiger partial charge on any atom is 0.330 e. The average Bonchev–Trinajstić information content (AvgIpc) is 2.88. The summed E-state index contributed by atoms with van der Waals surface area (Å²) in [6.07, 6.45) is 3.41. The van der Waals surface area contributed by atoms with Crippen molar-refractivity contribution in [1.29, 1.82) is 0 Å². The van der Waals surface area contributed by atoms with E-state index in [4.69, 9.17) is 14.6 Å². The van der Waals surface area contributed by atoms with Gasteiger partial charge < -0.3 is 19.7 Å². The zero-order valence-electron chi connectivity index (χ0n) is 21.6. The van der Waals surface area contributed by atoms with Crippen LogP contribution in [0, 0.1) is 0 Å². The molecule has 0 spiro atoms. The van der Waals surface area contributed by atoms with Crippen molar-refractivity contribution in [2.75, 3.05) is 6.61 Å². The van der Waals surface area contributed by atoms with Gasteiger partial charge in [0, 0.05) is 12.2 Å². The summed E-state index contributed by atoms with van der Waals surface area (Å²) in [6.45, 7) is 16.6. The van der Waals surface area contributed by atoms with Gasteiger partial charge >= 0.3 is 5.97 Å². The monoisotopic (exact) mass is 498 g/mol. The Morgan fingerprint density at radius 2 is 1.35 bits per heavy atom. The summed E-state index contributed by atoms with van der Waals surface area (Å²) in [5.74, 6) is 0.188. The Balaban J connectivity index is 0.000000221. The summed E-state index contributed by atoms with van der Waals surface area (Å²) in [5, 5.41) is 21.7. The van der Waals surface area contributed by atoms with Crippen LogP contribution in [0.25, 0.3) is 33.7 Å². The lowest BCUT2D eigenvalue weighted by Crippen LogP contribution is -2.15. The lowest BCUT2D eigenvalue weighted by atomic mass is 10.1. The smallest absolute Gasteiger partial charge is 0.330 e. The third-order valence-corrected chi connectivity index (χ3v) is 5.22. The van der Waals surface area contributed by atoms with Crippen LogP contribution in [0.2, 0.25) is 0 Å². The van der Waals surface area contributed by atoms with Crippen molar-refractivity contribution in [3.05, 3.63) is 109 Å². The zero-order valence-corrected chi connectivity index (χ0v) is 21.6. The highest BCUT2D eigenvalue weighted by molar-refractivity contribution is 5.87. The van der Waals surface area contributed by atoms with Crippen molar-refractivity contribution >= 4 is 39.7 Å². The first kappa shape index (κ1) is 28.9. The van der Waals surface area contributed by atoms with E-state index in [2.05, 4.69) is 44.0 Å². The van der Waals surface area contributed by atoms with Gasteiger partial charge in [-0.3, -0.25) is 0 Å². The van der Waals surface area contributed by atoms with Crippen LogP contribution >= 0.6 is 0 Å². The zero-order chi connectivity index (χ0) is 27.4. The molecule has 5 nitrogen and oxygen atoms in total. The van der Waals surface area contributed by atoms with E-state index in [1.54, 1.807) is 18.2 Å². The second-order valence-electron chi connectivity index (χ2n) is 8.19. The Kier molecular flexibility index (Phi) is 11.1. The first-order valence-corrected chi connectivity index (χ1v) is 11.8. The van der Waals surface area contributed by atoms with Gasteiger partial charge in [0.25, 0.3) is 0 Å². The molecule has 0 heterocycles. The molecule has 0 aliphatic rings. The van der Waals surface area contributed by atoms with Crippen LogP contribution in [-0.4, -0.2) is 29.1 Å². The molecule has 37 heavy (non-hydrogen) atoms. The highest BCUT2D eigenvalue weighted by Gasteiger charge is 2.04. The fourth-order valence-corrected chi connectivity index (χ4v) is 3.28. The Morgan fingerprint density at radius 1 is 0.865 bits per heavy atom. The first-order chi connectivity index (χ1) is 17.7. The lowest BCUT2D eigenvalue weighted by molar-refractivity contribution is -0.132. The number of hydrogen-bond acceptors (Lipinski definition) is 4. The quantitative estimate of drug-likeness (QED) is 0.199. The van der Waals surface area contributed by atoms with Crippen molar-refractivity contribution in [3.63, 3.8) is 0 Å². The molecular weight excluding hydrogens is 464 g/mol. The normalized spacial score (nSPS) is 10.8. The third-order valence-electron chi connectivity index (χ3n) is 5.22. The van der Waals surface area contributed by atoms with Gasteiger partial charge in [-0.25, -0.2) is 4.79 Å². The summed E-state index contributed by atoms with van der Waals surface area (Å²) in [6, 6.07) is 23.6. The van der Waals surface area contributed by atoms with Crippen LogP contribution < -0.4 is 4.74 Å². The minimum Gasteiger partial charge on any atom is -0.508 e. The van der Waals surface area contributed by atoms with Crippen LogP contribution in [0.4, 0.5) is 0 Å². The first-order valence-electron chi connectivity index (χ1n) is 11.8. The number of phenols is 1. The van der Waals surface area contributed by atoms with Crippen molar-refractivity contribution in [2.45, 2.75) is 27.1 Å². The van der Waals surface area contributed by atoms with E-state index in [1.165, 1.54) is 12.3 Å². The second-order valence-corrected chi connectivity index (χ2v) is 8.19. The molecule has 0 saturated heterocycles. The topological polar surface area (TPSA) is 76.0 Å². The molecule has 1 unspecified atom stereocenters. The highest BCUT2D eigenvalue weighted by atomic mass is 16.7. The molecule has 0 fully saturated rings. The molecule has 4 aromatic carbocycles. The van der Waals surface area contributed by atoms with Crippen LogP contribution in [0.5, 0.6) is 11.5 Å². The number of carbonyl (C=O) groups is 1. The lowest BCUT2D eigenvalue weighted by Gasteiger charge is -2.14. The number of fused-ring (bicyclic) bond motifs is 2. The predicted octanol–water partition coefficient (Wildman–Crippen LogP) is 8.08. The van der Waals surface area contributed by atoms with E-state index in [1.807, 2.05) is 56.3 Å². The van der Waals surface area contributed by atoms with Crippen LogP contribution in [0.1, 0.15) is 31.9 Å². The highest BCUT2D eigenvalue weighted by Crippen LogP contribution is 2.24. The molecule has 1 atom stereocenters. The SMILES string of the molecule is C=C(C)C(=O)O.C=Cc1ccc2ccc(O)cc2c1.C=Cc1ccc2ccc(OC(C)OCC)cc2c1. The third kappa shape index (κ3) is 9.32. The summed E-state index contributed by atoms with van der Waals surface area (Å²) in [4.78, 5) is 9.60. The second kappa shape index (κ2) is 14.3. The van der Waals surface area contributed by atoms with Gasteiger partial charge in [0.15, 0.2) is 6.29 Å². The van der Waals surface area contributed by atoms with Gasteiger partial charge in [-0.15, -0.1) is 0 Å². The predicted molar refractivity (Wildman–Crippen MR) is 154 cm³/mol. The van der Waals surface area contributed by atoms with Crippen molar-refractivity contribution in [2.24, 2.45) is 0 Å². The number of aromatic hydroxyl groups is 1. The van der Waals surface area contributed by atoms with Gasteiger partial charge in [-0.2, -0.15) is 0 Å². The van der Waals surface area contributed by atoms with Crippen molar-refractivity contribution in [1.82, 2.24) is 0 Å². The molecule has 0 bridgehead atoms. The summed E-state index contributed by atoms with van der Waals surface area (Å²) in [5.41, 5.74) is 2.35. The van der Waals surface area contributed by atoms with Crippen molar-refractivity contribution < 1.29 is 24.5 Å². The van der Waals surface area contributed by atoms with E-state index in [-0.39, 0.29) is 11.9 Å². The number of ether oxygens (including phenoxy) is 2. The van der Waals surface area contributed by atoms with Gasteiger partial charge in [0.1, 0.15) is 11.5 Å². The fourth-order valence-electron chi connectivity index (χ4n) is 3.28. The fraction of sp³-hybridized carbons (Fsp3) is 0.156. The minimum absolute atomic E-state index is 0.176. The largest absolute Gasteiger partial charge is 0.508 e. The molecule has 0 saturated carbocycles. The number of carboxylic acid groups (broad SMARTS) is 1. The summed E-state index contributed by atoms with van der Waals surface area (Å²) < 4.78 is 11.1. The molecule has 0 aliphatic heterocycles. The molecule has 5 heteroatoms. The maximum absolute atomic E-state index is 9.60. The Hall–Kier alpha value is -4.35. The number of benzene rings is 4. The van der Waals surface area contributed by atoms with E-state index >= 15 is 0 Å². The Bertz CT molecular complexity index is 1370. The molecule has 4 rings (SSSR count). The van der Waals surface area contributed by atoms with E-state index in [0.29, 0.717) is 12.4 Å². The van der Waals surface area contributed by atoms with Gasteiger partial charge in [-0.05, 0) is 89.8 Å². The van der Waals surface area contributed by atoms with E-state index in [9.17, 15) is 9.90 Å². The average molecular weight is 499 g/mol. The van der Waals surface area contributed by atoms with Gasteiger partial charge in [0.2, 0.25) is 0 Å². The molecule has 192 valence electrons. The van der Waals surface area contributed by atoms with Crippen molar-refractivity contribution in [3.8, 4) is 11.5 Å². The molecular formula is C32H34O5. The van der Waals surface area contributed by atoms with Crippen LogP contribution in [0.15, 0.2) is 98.1 Å². The number of phenolic OH excluding ortho intramolecular Hbond substituents is 1. The minimum atomic E-state index is -0.935. The van der Waals surface area contributed by atoms with Gasteiger partial charge in [0.05, 0.1) is 0 Å². The number of aliphatic carboxylic acids is 1. The number of hydrogen-bond donors (Lipinski definition) is 2. The maximum atomic E-state index is 9.60.